The SMILES string of the molecule is CCCCCCCOC(=O)c1ccc(C)nc1. The Morgan fingerprint density at radius 2 is 2.00 bits per heavy atom. The highest BCUT2D eigenvalue weighted by Crippen LogP contribution is 2.05. The molecule has 3 nitrogen and oxygen atoms in total. The molecule has 0 aliphatic carbocycles. The molecule has 0 bridgehead atoms. The number of carbonyl (C=O) groups is 1. The average molecular weight is 235 g/mol. The van der Waals surface area contributed by atoms with E-state index in [1.54, 1.807) is 12.3 Å². The van der Waals surface area contributed by atoms with Crippen LogP contribution in [-0.4, -0.2) is 17.6 Å². The van der Waals surface area contributed by atoms with E-state index in [0.29, 0.717) is 12.2 Å². The minimum atomic E-state index is -0.270. The smallest absolute Gasteiger partial charge is 0.339 e. The molecule has 0 atom stereocenters. The molecule has 1 aromatic rings. The van der Waals surface area contributed by atoms with Gasteiger partial charge in [0.15, 0.2) is 0 Å². The fraction of sp³-hybridized carbons (Fsp3) is 0.571. The summed E-state index contributed by atoms with van der Waals surface area (Å²) in [4.78, 5) is 15.7. The molecule has 94 valence electrons. The van der Waals surface area contributed by atoms with E-state index in [1.165, 1.54) is 19.3 Å². The largest absolute Gasteiger partial charge is 0.462 e. The van der Waals surface area contributed by atoms with Crippen LogP contribution in [0.4, 0.5) is 0 Å². The van der Waals surface area contributed by atoms with Gasteiger partial charge in [0, 0.05) is 11.9 Å². The summed E-state index contributed by atoms with van der Waals surface area (Å²) in [6.07, 6.45) is 7.36. The summed E-state index contributed by atoms with van der Waals surface area (Å²) < 4.78 is 5.17. The highest BCUT2D eigenvalue weighted by Gasteiger charge is 2.06. The summed E-state index contributed by atoms with van der Waals surface area (Å²) in [5, 5.41) is 0. The number of ether oxygens (including phenoxy) is 1. The van der Waals surface area contributed by atoms with Gasteiger partial charge in [-0.15, -0.1) is 0 Å². The highest BCUT2D eigenvalue weighted by molar-refractivity contribution is 5.88. The van der Waals surface area contributed by atoms with E-state index in [0.717, 1.165) is 18.5 Å². The first-order chi connectivity index (χ1) is 8.24. The molecule has 0 amide bonds. The third-order valence-corrected chi connectivity index (χ3v) is 2.63. The third-order valence-electron chi connectivity index (χ3n) is 2.63. The van der Waals surface area contributed by atoms with Gasteiger partial charge in [-0.25, -0.2) is 4.79 Å². The first-order valence-corrected chi connectivity index (χ1v) is 6.34. The number of unbranched alkanes of at least 4 members (excludes halogenated alkanes) is 4. The van der Waals surface area contributed by atoms with E-state index in [2.05, 4.69) is 11.9 Å². The minimum Gasteiger partial charge on any atom is -0.462 e. The lowest BCUT2D eigenvalue weighted by atomic mass is 10.2. The Hall–Kier alpha value is -1.38. The molecule has 0 spiro atoms. The molecule has 17 heavy (non-hydrogen) atoms. The van der Waals surface area contributed by atoms with Crippen LogP contribution in [-0.2, 0) is 4.74 Å². The number of rotatable bonds is 7. The summed E-state index contributed by atoms with van der Waals surface area (Å²) in [5.41, 5.74) is 1.44. The number of aryl methyl sites for hydroxylation is 1. The second-order valence-corrected chi connectivity index (χ2v) is 4.24. The molecule has 0 unspecified atom stereocenters. The number of carbonyl (C=O) groups excluding carboxylic acids is 1. The van der Waals surface area contributed by atoms with Crippen LogP contribution in [0.25, 0.3) is 0 Å². The summed E-state index contributed by atoms with van der Waals surface area (Å²) in [6.45, 7) is 4.59. The molecule has 0 aromatic carbocycles. The van der Waals surface area contributed by atoms with Crippen molar-refractivity contribution in [2.75, 3.05) is 6.61 Å². The molecule has 0 saturated heterocycles. The second-order valence-electron chi connectivity index (χ2n) is 4.24. The number of nitrogens with zero attached hydrogens (tertiary/aromatic N) is 1. The van der Waals surface area contributed by atoms with Gasteiger partial charge >= 0.3 is 5.97 Å². The van der Waals surface area contributed by atoms with E-state index in [4.69, 9.17) is 4.74 Å². The zero-order valence-corrected chi connectivity index (χ0v) is 10.7. The predicted octanol–water partition coefficient (Wildman–Crippen LogP) is 3.52. The van der Waals surface area contributed by atoms with E-state index in [1.807, 2.05) is 13.0 Å². The van der Waals surface area contributed by atoms with Crippen molar-refractivity contribution in [3.63, 3.8) is 0 Å². The quantitative estimate of drug-likeness (QED) is 0.536. The van der Waals surface area contributed by atoms with Crippen molar-refractivity contribution in [1.82, 2.24) is 4.98 Å². The van der Waals surface area contributed by atoms with Crippen molar-refractivity contribution in [1.29, 1.82) is 0 Å². The maximum atomic E-state index is 11.6. The van der Waals surface area contributed by atoms with Gasteiger partial charge in [0.1, 0.15) is 0 Å². The van der Waals surface area contributed by atoms with Crippen LogP contribution >= 0.6 is 0 Å². The molecule has 0 aliphatic rings. The standard InChI is InChI=1S/C14H21NO2/c1-3-4-5-6-7-10-17-14(16)13-9-8-12(2)15-11-13/h8-9,11H,3-7,10H2,1-2H3. The van der Waals surface area contributed by atoms with Crippen LogP contribution in [0, 0.1) is 6.92 Å². The normalized spacial score (nSPS) is 10.2. The van der Waals surface area contributed by atoms with Gasteiger partial charge in [0.2, 0.25) is 0 Å². The van der Waals surface area contributed by atoms with Gasteiger partial charge < -0.3 is 4.74 Å². The highest BCUT2D eigenvalue weighted by atomic mass is 16.5. The Morgan fingerprint density at radius 3 is 2.65 bits per heavy atom. The molecule has 0 fully saturated rings. The Bertz CT molecular complexity index is 333. The van der Waals surface area contributed by atoms with Gasteiger partial charge in [-0.1, -0.05) is 32.6 Å². The Kier molecular flexibility index (Phi) is 6.30. The van der Waals surface area contributed by atoms with Crippen molar-refractivity contribution in [3.05, 3.63) is 29.6 Å². The minimum absolute atomic E-state index is 0.270. The lowest BCUT2D eigenvalue weighted by molar-refractivity contribution is 0.0497. The lowest BCUT2D eigenvalue weighted by Crippen LogP contribution is -2.07. The summed E-state index contributed by atoms with van der Waals surface area (Å²) >= 11 is 0. The molecular formula is C14H21NO2. The third kappa shape index (κ3) is 5.48. The van der Waals surface area contributed by atoms with Gasteiger partial charge in [-0.05, 0) is 25.5 Å². The molecular weight excluding hydrogens is 214 g/mol. The van der Waals surface area contributed by atoms with Crippen LogP contribution in [0.2, 0.25) is 0 Å². The number of aromatic nitrogens is 1. The van der Waals surface area contributed by atoms with Crippen LogP contribution in [0.15, 0.2) is 18.3 Å². The molecule has 1 heterocycles. The van der Waals surface area contributed by atoms with Crippen LogP contribution < -0.4 is 0 Å². The summed E-state index contributed by atoms with van der Waals surface area (Å²) in [6, 6.07) is 3.57. The van der Waals surface area contributed by atoms with E-state index in [-0.39, 0.29) is 5.97 Å². The second kappa shape index (κ2) is 7.82. The number of hydrogen-bond acceptors (Lipinski definition) is 3. The monoisotopic (exact) mass is 235 g/mol. The molecule has 0 aliphatic heterocycles. The summed E-state index contributed by atoms with van der Waals surface area (Å²) in [5.74, 6) is -0.270. The zero-order valence-electron chi connectivity index (χ0n) is 10.7. The van der Waals surface area contributed by atoms with Gasteiger partial charge in [-0.2, -0.15) is 0 Å². The Balaban J connectivity index is 2.19. The van der Waals surface area contributed by atoms with Crippen LogP contribution in [0.5, 0.6) is 0 Å². The number of pyridine rings is 1. The molecule has 0 radical (unpaired) electrons. The first-order valence-electron chi connectivity index (χ1n) is 6.34. The fourth-order valence-electron chi connectivity index (χ4n) is 1.54. The van der Waals surface area contributed by atoms with Crippen molar-refractivity contribution in [3.8, 4) is 0 Å². The number of hydrogen-bond donors (Lipinski definition) is 0. The van der Waals surface area contributed by atoms with Gasteiger partial charge in [0.25, 0.3) is 0 Å². The van der Waals surface area contributed by atoms with Crippen molar-refractivity contribution >= 4 is 5.97 Å². The molecule has 0 saturated carbocycles. The van der Waals surface area contributed by atoms with E-state index < -0.39 is 0 Å². The zero-order chi connectivity index (χ0) is 12.5. The Morgan fingerprint density at radius 1 is 1.24 bits per heavy atom. The lowest BCUT2D eigenvalue weighted by Gasteiger charge is -2.04. The first kappa shape index (κ1) is 13.7. The predicted molar refractivity (Wildman–Crippen MR) is 68.0 cm³/mol. The van der Waals surface area contributed by atoms with Crippen LogP contribution in [0.1, 0.15) is 55.1 Å². The fourth-order valence-corrected chi connectivity index (χ4v) is 1.54. The maximum absolute atomic E-state index is 11.6. The van der Waals surface area contributed by atoms with Crippen molar-refractivity contribution in [2.45, 2.75) is 46.0 Å². The Labute approximate surface area is 103 Å². The number of esters is 1. The van der Waals surface area contributed by atoms with Gasteiger partial charge in [0.05, 0.1) is 12.2 Å². The van der Waals surface area contributed by atoms with Crippen molar-refractivity contribution < 1.29 is 9.53 Å². The molecule has 1 aromatic heterocycles. The molecule has 0 N–H and O–H groups in total. The average Bonchev–Trinajstić information content (AvgIpc) is 2.34. The van der Waals surface area contributed by atoms with Crippen LogP contribution in [0.3, 0.4) is 0 Å². The maximum Gasteiger partial charge on any atom is 0.339 e. The topological polar surface area (TPSA) is 39.2 Å². The molecule has 3 heteroatoms. The molecule has 1 rings (SSSR count). The van der Waals surface area contributed by atoms with E-state index in [9.17, 15) is 4.79 Å². The van der Waals surface area contributed by atoms with E-state index >= 15 is 0 Å². The van der Waals surface area contributed by atoms with Gasteiger partial charge in [-0.3, -0.25) is 4.98 Å². The van der Waals surface area contributed by atoms with Crippen molar-refractivity contribution in [2.24, 2.45) is 0 Å². The summed E-state index contributed by atoms with van der Waals surface area (Å²) in [7, 11) is 0.